The Labute approximate surface area is 125 Å². The largest absolute Gasteiger partial charge is 0.493 e. The third-order valence-corrected chi connectivity index (χ3v) is 3.26. The van der Waals surface area contributed by atoms with Crippen LogP contribution in [0.4, 0.5) is 0 Å². The predicted octanol–water partition coefficient (Wildman–Crippen LogP) is 4.40. The Hall–Kier alpha value is -2.29. The van der Waals surface area contributed by atoms with Gasteiger partial charge in [0.25, 0.3) is 0 Å². The van der Waals surface area contributed by atoms with Crippen LogP contribution in [-0.2, 0) is 11.2 Å². The van der Waals surface area contributed by atoms with Crippen molar-refractivity contribution in [3.63, 3.8) is 0 Å². The summed E-state index contributed by atoms with van der Waals surface area (Å²) in [6, 6.07) is 15.6. The summed E-state index contributed by atoms with van der Waals surface area (Å²) in [6.07, 6.45) is 4.59. The summed E-state index contributed by atoms with van der Waals surface area (Å²) in [5, 5.41) is 0. The Kier molecular flexibility index (Phi) is 5.83. The molecule has 0 unspecified atom stereocenters. The summed E-state index contributed by atoms with van der Waals surface area (Å²) >= 11 is 0. The quantitative estimate of drug-likeness (QED) is 0.532. The molecule has 3 nitrogen and oxygen atoms in total. The highest BCUT2D eigenvalue weighted by Gasteiger charge is 2.04. The maximum Gasteiger partial charge on any atom is 0.169 e. The third-order valence-electron chi connectivity index (χ3n) is 3.26. The molecule has 0 atom stereocenters. The maximum absolute atomic E-state index is 10.3. The number of ether oxygens (including phenoxy) is 2. The van der Waals surface area contributed by atoms with Gasteiger partial charge in [0.1, 0.15) is 12.0 Å². The van der Waals surface area contributed by atoms with Gasteiger partial charge in [-0.15, -0.1) is 0 Å². The number of carbonyl (C=O) groups is 1. The van der Waals surface area contributed by atoms with Gasteiger partial charge < -0.3 is 14.3 Å². The minimum Gasteiger partial charge on any atom is -0.493 e. The highest BCUT2D eigenvalue weighted by molar-refractivity contribution is 5.49. The fraction of sp³-hybridized carbons (Fsp3) is 0.278. The number of methoxy groups -OCH3 is 1. The molecule has 3 heteroatoms. The molecule has 2 aromatic rings. The van der Waals surface area contributed by atoms with Gasteiger partial charge in [0.15, 0.2) is 11.5 Å². The van der Waals surface area contributed by atoms with Crippen LogP contribution in [0.25, 0.3) is 0 Å². The Morgan fingerprint density at radius 2 is 1.67 bits per heavy atom. The second-order valence-corrected chi connectivity index (χ2v) is 4.81. The van der Waals surface area contributed by atoms with E-state index < -0.39 is 0 Å². The van der Waals surface area contributed by atoms with Crippen molar-refractivity contribution < 1.29 is 14.3 Å². The molecule has 0 bridgehead atoms. The SMILES string of the molecule is COc1ccccc1Oc1ccc(CCCCC=O)cc1. The van der Waals surface area contributed by atoms with Crippen molar-refractivity contribution in [3.8, 4) is 17.2 Å². The van der Waals surface area contributed by atoms with Gasteiger partial charge in [-0.25, -0.2) is 0 Å². The average molecular weight is 284 g/mol. The van der Waals surface area contributed by atoms with Gasteiger partial charge in [-0.2, -0.15) is 0 Å². The lowest BCUT2D eigenvalue weighted by atomic mass is 10.1. The van der Waals surface area contributed by atoms with Crippen LogP contribution in [0.5, 0.6) is 17.2 Å². The van der Waals surface area contributed by atoms with Crippen LogP contribution >= 0.6 is 0 Å². The smallest absolute Gasteiger partial charge is 0.169 e. The molecule has 2 aromatic carbocycles. The molecule has 0 aliphatic rings. The van der Waals surface area contributed by atoms with Crippen molar-refractivity contribution in [2.45, 2.75) is 25.7 Å². The van der Waals surface area contributed by atoms with Crippen molar-refractivity contribution in [2.75, 3.05) is 7.11 Å². The first-order chi connectivity index (χ1) is 10.3. The number of rotatable bonds is 8. The number of aldehydes is 1. The number of aryl methyl sites for hydroxylation is 1. The van der Waals surface area contributed by atoms with Crippen molar-refractivity contribution >= 4 is 6.29 Å². The average Bonchev–Trinajstić information content (AvgIpc) is 2.54. The number of para-hydroxylation sites is 2. The zero-order chi connectivity index (χ0) is 14.9. The first kappa shape index (κ1) is 15.1. The molecule has 0 fully saturated rings. The highest BCUT2D eigenvalue weighted by Crippen LogP contribution is 2.30. The lowest BCUT2D eigenvalue weighted by molar-refractivity contribution is -0.107. The van der Waals surface area contributed by atoms with Crippen LogP contribution in [0.1, 0.15) is 24.8 Å². The van der Waals surface area contributed by atoms with E-state index in [1.807, 2.05) is 36.4 Å². The molecule has 0 saturated carbocycles. The van der Waals surface area contributed by atoms with Crippen LogP contribution in [0.2, 0.25) is 0 Å². The van der Waals surface area contributed by atoms with Gasteiger partial charge in [-0.3, -0.25) is 0 Å². The van der Waals surface area contributed by atoms with Gasteiger partial charge in [-0.05, 0) is 49.1 Å². The minimum atomic E-state index is 0.648. The maximum atomic E-state index is 10.3. The molecule has 0 saturated heterocycles. The molecule has 0 N–H and O–H groups in total. The normalized spacial score (nSPS) is 10.1. The summed E-state index contributed by atoms with van der Waals surface area (Å²) < 4.78 is 11.1. The summed E-state index contributed by atoms with van der Waals surface area (Å²) in [4.78, 5) is 10.3. The number of unbranched alkanes of at least 4 members (excludes halogenated alkanes) is 2. The monoisotopic (exact) mass is 284 g/mol. The van der Waals surface area contributed by atoms with Gasteiger partial charge in [-0.1, -0.05) is 24.3 Å². The van der Waals surface area contributed by atoms with Gasteiger partial charge in [0, 0.05) is 6.42 Å². The molecular weight excluding hydrogens is 264 g/mol. The fourth-order valence-corrected chi connectivity index (χ4v) is 2.11. The molecule has 0 spiro atoms. The summed E-state index contributed by atoms with van der Waals surface area (Å²) in [5.74, 6) is 2.21. The topological polar surface area (TPSA) is 35.5 Å². The van der Waals surface area contributed by atoms with Crippen molar-refractivity contribution in [3.05, 3.63) is 54.1 Å². The number of carbonyl (C=O) groups excluding carboxylic acids is 1. The molecule has 2 rings (SSSR count). The Bertz CT molecular complexity index is 561. The van der Waals surface area contributed by atoms with E-state index in [4.69, 9.17) is 9.47 Å². The lowest BCUT2D eigenvalue weighted by Crippen LogP contribution is -1.91. The van der Waals surface area contributed by atoms with E-state index in [9.17, 15) is 4.79 Å². The molecule has 110 valence electrons. The standard InChI is InChI=1S/C18H20O3/c1-20-17-8-4-5-9-18(17)21-16-12-10-15(11-13-16)7-3-2-6-14-19/h4-5,8-14H,2-3,6-7H2,1H3. The summed E-state index contributed by atoms with van der Waals surface area (Å²) in [6.45, 7) is 0. The van der Waals surface area contributed by atoms with Crippen LogP contribution in [0.3, 0.4) is 0 Å². The third kappa shape index (κ3) is 4.63. The first-order valence-electron chi connectivity index (χ1n) is 7.17. The van der Waals surface area contributed by atoms with E-state index in [1.54, 1.807) is 7.11 Å². The fourth-order valence-electron chi connectivity index (χ4n) is 2.11. The Morgan fingerprint density at radius 3 is 2.33 bits per heavy atom. The lowest BCUT2D eigenvalue weighted by Gasteiger charge is -2.10. The Balaban J connectivity index is 1.94. The van der Waals surface area contributed by atoms with Crippen LogP contribution < -0.4 is 9.47 Å². The van der Waals surface area contributed by atoms with Crippen molar-refractivity contribution in [1.29, 1.82) is 0 Å². The highest BCUT2D eigenvalue weighted by atomic mass is 16.5. The van der Waals surface area contributed by atoms with Crippen LogP contribution in [0.15, 0.2) is 48.5 Å². The molecule has 0 heterocycles. The van der Waals surface area contributed by atoms with Crippen LogP contribution in [-0.4, -0.2) is 13.4 Å². The molecule has 0 radical (unpaired) electrons. The molecule has 0 aromatic heterocycles. The molecule has 21 heavy (non-hydrogen) atoms. The summed E-state index contributed by atoms with van der Waals surface area (Å²) in [7, 11) is 1.63. The molecular formula is C18H20O3. The zero-order valence-electron chi connectivity index (χ0n) is 12.2. The molecule has 0 amide bonds. The van der Waals surface area contributed by atoms with Gasteiger partial charge in [0.05, 0.1) is 7.11 Å². The first-order valence-corrected chi connectivity index (χ1v) is 7.17. The van der Waals surface area contributed by atoms with Gasteiger partial charge >= 0.3 is 0 Å². The van der Waals surface area contributed by atoms with E-state index >= 15 is 0 Å². The number of hydrogen-bond donors (Lipinski definition) is 0. The zero-order valence-corrected chi connectivity index (χ0v) is 12.2. The van der Waals surface area contributed by atoms with Gasteiger partial charge in [0.2, 0.25) is 0 Å². The molecule has 0 aliphatic carbocycles. The van der Waals surface area contributed by atoms with E-state index in [1.165, 1.54) is 5.56 Å². The van der Waals surface area contributed by atoms with E-state index in [0.29, 0.717) is 12.2 Å². The second kappa shape index (κ2) is 8.10. The second-order valence-electron chi connectivity index (χ2n) is 4.81. The number of benzene rings is 2. The van der Waals surface area contributed by atoms with Crippen molar-refractivity contribution in [2.24, 2.45) is 0 Å². The summed E-state index contributed by atoms with van der Waals surface area (Å²) in [5.41, 5.74) is 1.26. The number of hydrogen-bond acceptors (Lipinski definition) is 3. The van der Waals surface area contributed by atoms with E-state index in [-0.39, 0.29) is 0 Å². The van der Waals surface area contributed by atoms with Crippen LogP contribution in [0, 0.1) is 0 Å². The predicted molar refractivity (Wildman–Crippen MR) is 83.1 cm³/mol. The molecule has 0 aliphatic heterocycles. The van der Waals surface area contributed by atoms with E-state index in [0.717, 1.165) is 37.0 Å². The van der Waals surface area contributed by atoms with Crippen molar-refractivity contribution in [1.82, 2.24) is 0 Å². The van der Waals surface area contributed by atoms with E-state index in [2.05, 4.69) is 12.1 Å². The minimum absolute atomic E-state index is 0.648. The Morgan fingerprint density at radius 1 is 0.952 bits per heavy atom.